The predicted molar refractivity (Wildman–Crippen MR) is 172 cm³/mol. The number of halogens is 1. The number of ether oxygens (including phenoxy) is 1. The first-order chi connectivity index (χ1) is 21.6. The number of aliphatic imine (C=N–C) groups is 1. The average Bonchev–Trinajstić information content (AvgIpc) is 3.69. The third-order valence-electron chi connectivity index (χ3n) is 8.62. The quantitative estimate of drug-likeness (QED) is 0.346. The lowest BCUT2D eigenvalue weighted by Crippen LogP contribution is -2.53. The Labute approximate surface area is 269 Å². The minimum atomic E-state index is -1.04. The number of anilines is 1. The number of amides is 2. The minimum Gasteiger partial charge on any atom is -0.481 e. The van der Waals surface area contributed by atoms with Gasteiger partial charge in [-0.2, -0.15) is 0 Å². The fraction of sp³-hybridized carbons (Fsp3) is 0.344. The van der Waals surface area contributed by atoms with E-state index in [0.29, 0.717) is 71.0 Å². The van der Waals surface area contributed by atoms with Crippen molar-refractivity contribution in [2.75, 3.05) is 44.7 Å². The normalized spacial score (nSPS) is 20.5. The molecule has 234 valence electrons. The second-order valence-corrected chi connectivity index (χ2v) is 13.0. The molecule has 45 heavy (non-hydrogen) atoms. The molecule has 0 unspecified atom stereocenters. The van der Waals surface area contributed by atoms with E-state index in [1.165, 1.54) is 18.4 Å². The van der Waals surface area contributed by atoms with Gasteiger partial charge in [-0.05, 0) is 37.6 Å². The standard InChI is InChI=1S/C32H33ClN6O5S/c1-32(2,30(41)42)19-8-10-20(11-9-19)39-17-21-16-37(13-14-38(21)31(39)43)18-24-25(29(40)44-3)26(22-6-4-5-7-23(22)33)36-27(35-24)28-34-12-15-45-28/h4-12,15,21,26H,13-14,16-18H2,1-3H3,(H,35,36)(H,41,42)/t21-,26-/m0/s1. The van der Waals surface area contributed by atoms with Gasteiger partial charge in [0.25, 0.3) is 0 Å². The molecule has 3 aliphatic heterocycles. The second kappa shape index (κ2) is 12.3. The number of thiazole rings is 1. The molecule has 0 saturated carbocycles. The molecule has 2 saturated heterocycles. The van der Waals surface area contributed by atoms with Crippen LogP contribution in [0.5, 0.6) is 0 Å². The van der Waals surface area contributed by atoms with E-state index in [9.17, 15) is 19.5 Å². The van der Waals surface area contributed by atoms with Crippen molar-refractivity contribution in [2.24, 2.45) is 4.99 Å². The van der Waals surface area contributed by atoms with Crippen molar-refractivity contribution >= 4 is 52.4 Å². The molecule has 13 heteroatoms. The number of nitrogens with zero attached hydrogens (tertiary/aromatic N) is 5. The van der Waals surface area contributed by atoms with Crippen molar-refractivity contribution in [2.45, 2.75) is 31.3 Å². The molecule has 0 spiro atoms. The van der Waals surface area contributed by atoms with Gasteiger partial charge in [0, 0.05) is 66.3 Å². The molecule has 6 rings (SSSR count). The first-order valence-corrected chi connectivity index (χ1v) is 15.8. The highest BCUT2D eigenvalue weighted by atomic mass is 35.5. The molecular formula is C32H33ClN6O5S. The second-order valence-electron chi connectivity index (χ2n) is 11.7. The number of aromatic nitrogens is 1. The lowest BCUT2D eigenvalue weighted by Gasteiger charge is -2.38. The molecule has 2 atom stereocenters. The number of aliphatic carboxylic acids is 1. The number of piperazine rings is 1. The van der Waals surface area contributed by atoms with Crippen LogP contribution in [-0.2, 0) is 19.7 Å². The van der Waals surface area contributed by atoms with Gasteiger partial charge in [0.05, 0.1) is 24.1 Å². The molecule has 2 amide bonds. The number of methoxy groups -OCH3 is 1. The summed E-state index contributed by atoms with van der Waals surface area (Å²) in [7, 11) is 1.35. The summed E-state index contributed by atoms with van der Waals surface area (Å²) in [4.78, 5) is 53.6. The van der Waals surface area contributed by atoms with Gasteiger partial charge in [-0.25, -0.2) is 14.6 Å². The highest BCUT2D eigenvalue weighted by Crippen LogP contribution is 2.37. The zero-order valence-electron chi connectivity index (χ0n) is 25.1. The maximum atomic E-state index is 13.4. The molecular weight excluding hydrogens is 616 g/mol. The van der Waals surface area contributed by atoms with Crippen LogP contribution >= 0.6 is 22.9 Å². The Hall–Kier alpha value is -4.26. The van der Waals surface area contributed by atoms with Gasteiger partial charge in [0.15, 0.2) is 10.8 Å². The van der Waals surface area contributed by atoms with Crippen LogP contribution in [0.1, 0.15) is 36.0 Å². The van der Waals surface area contributed by atoms with E-state index in [0.717, 1.165) is 5.69 Å². The molecule has 1 aromatic heterocycles. The van der Waals surface area contributed by atoms with E-state index in [4.69, 9.17) is 21.3 Å². The van der Waals surface area contributed by atoms with E-state index in [1.807, 2.05) is 40.6 Å². The summed E-state index contributed by atoms with van der Waals surface area (Å²) in [5, 5.41) is 16.0. The number of fused-ring (bicyclic) bond motifs is 1. The van der Waals surface area contributed by atoms with E-state index < -0.39 is 23.4 Å². The lowest BCUT2D eigenvalue weighted by atomic mass is 9.85. The van der Waals surface area contributed by atoms with Gasteiger partial charge >= 0.3 is 18.0 Å². The largest absolute Gasteiger partial charge is 0.481 e. The number of carbonyl (C=O) groups excluding carboxylic acids is 2. The summed E-state index contributed by atoms with van der Waals surface area (Å²) in [6.07, 6.45) is 1.70. The molecule has 2 N–H and O–H groups in total. The molecule has 11 nitrogen and oxygen atoms in total. The van der Waals surface area contributed by atoms with Crippen LogP contribution in [0.15, 0.2) is 76.4 Å². The maximum Gasteiger partial charge on any atom is 0.338 e. The minimum absolute atomic E-state index is 0.0707. The van der Waals surface area contributed by atoms with Crippen LogP contribution in [0.25, 0.3) is 0 Å². The number of nitrogens with one attached hydrogen (secondary N) is 1. The Morgan fingerprint density at radius 2 is 1.89 bits per heavy atom. The summed E-state index contributed by atoms with van der Waals surface area (Å²) >= 11 is 8.05. The number of carbonyl (C=O) groups is 3. The van der Waals surface area contributed by atoms with Crippen LogP contribution in [0, 0.1) is 0 Å². The van der Waals surface area contributed by atoms with E-state index in [1.54, 1.807) is 43.1 Å². The average molecular weight is 649 g/mol. The number of amidine groups is 1. The molecule has 0 bridgehead atoms. The summed E-state index contributed by atoms with van der Waals surface area (Å²) in [5.41, 5.74) is 2.07. The summed E-state index contributed by atoms with van der Waals surface area (Å²) in [6.45, 7) is 5.91. The smallest absolute Gasteiger partial charge is 0.338 e. The number of carboxylic acids is 1. The summed E-state index contributed by atoms with van der Waals surface area (Å²) in [6, 6.07) is 13.6. The van der Waals surface area contributed by atoms with Crippen LogP contribution in [0.4, 0.5) is 10.5 Å². The Balaban J connectivity index is 1.25. The molecule has 2 aromatic carbocycles. The number of hydrogen-bond acceptors (Lipinski definition) is 9. The highest BCUT2D eigenvalue weighted by molar-refractivity contribution is 7.11. The van der Waals surface area contributed by atoms with Crippen molar-refractivity contribution in [3.63, 3.8) is 0 Å². The number of esters is 1. The van der Waals surface area contributed by atoms with Crippen molar-refractivity contribution in [1.29, 1.82) is 0 Å². The van der Waals surface area contributed by atoms with Crippen LogP contribution in [0.2, 0.25) is 5.02 Å². The van der Waals surface area contributed by atoms with Gasteiger partial charge < -0.3 is 20.1 Å². The zero-order chi connectivity index (χ0) is 31.9. The Morgan fingerprint density at radius 1 is 1.13 bits per heavy atom. The number of hydrogen-bond donors (Lipinski definition) is 2. The van der Waals surface area contributed by atoms with Crippen molar-refractivity contribution in [1.82, 2.24) is 20.1 Å². The number of rotatable bonds is 8. The molecule has 3 aromatic rings. The molecule has 0 aliphatic carbocycles. The van der Waals surface area contributed by atoms with Gasteiger partial charge in [0.1, 0.15) is 6.04 Å². The van der Waals surface area contributed by atoms with Crippen molar-refractivity contribution < 1.29 is 24.2 Å². The fourth-order valence-corrected chi connectivity index (χ4v) is 6.80. The Kier molecular flexibility index (Phi) is 8.38. The predicted octanol–water partition coefficient (Wildman–Crippen LogP) is 4.30. The Bertz CT molecular complexity index is 1690. The molecule has 3 aliphatic rings. The highest BCUT2D eigenvalue weighted by Gasteiger charge is 2.42. The van der Waals surface area contributed by atoms with Crippen LogP contribution in [0.3, 0.4) is 0 Å². The number of urea groups is 1. The SMILES string of the molecule is COC(=O)C1=C(CN2CCN3C(=O)N(c4ccc(C(C)(C)C(=O)O)cc4)C[C@@H]3C2)NC(c2nccs2)=N[C@H]1c1ccccc1Cl. The number of carboxylic acid groups (broad SMARTS) is 1. The third-order valence-corrected chi connectivity index (χ3v) is 9.74. The first-order valence-electron chi connectivity index (χ1n) is 14.5. The van der Waals surface area contributed by atoms with Gasteiger partial charge in [-0.15, -0.1) is 11.3 Å². The Morgan fingerprint density at radius 3 is 2.56 bits per heavy atom. The fourth-order valence-electron chi connectivity index (χ4n) is 5.98. The van der Waals surface area contributed by atoms with Crippen molar-refractivity contribution in [3.05, 3.63) is 92.5 Å². The lowest BCUT2D eigenvalue weighted by molar-refractivity contribution is -0.142. The topological polar surface area (TPSA) is 128 Å². The van der Waals surface area contributed by atoms with E-state index in [2.05, 4.69) is 15.2 Å². The molecule has 4 heterocycles. The van der Waals surface area contributed by atoms with Gasteiger partial charge in [-0.3, -0.25) is 19.6 Å². The summed E-state index contributed by atoms with van der Waals surface area (Å²) < 4.78 is 5.24. The first kappa shape index (κ1) is 30.8. The van der Waals surface area contributed by atoms with E-state index in [-0.39, 0.29) is 12.1 Å². The monoisotopic (exact) mass is 648 g/mol. The number of benzene rings is 2. The zero-order valence-corrected chi connectivity index (χ0v) is 26.6. The van der Waals surface area contributed by atoms with Gasteiger partial charge in [0.2, 0.25) is 0 Å². The van der Waals surface area contributed by atoms with E-state index >= 15 is 0 Å². The summed E-state index contributed by atoms with van der Waals surface area (Å²) in [5.74, 6) is -0.862. The van der Waals surface area contributed by atoms with Crippen molar-refractivity contribution in [3.8, 4) is 0 Å². The third kappa shape index (κ3) is 5.81. The van der Waals surface area contributed by atoms with Gasteiger partial charge in [-0.1, -0.05) is 41.9 Å². The maximum absolute atomic E-state index is 13.4. The van der Waals surface area contributed by atoms with Crippen LogP contribution < -0.4 is 10.2 Å². The van der Waals surface area contributed by atoms with Crippen LogP contribution in [-0.4, -0.2) is 89.6 Å². The molecule has 0 radical (unpaired) electrons. The molecule has 2 fully saturated rings.